The number of nitrogens with zero attached hydrogens (tertiary/aromatic N) is 1. The molecule has 1 aromatic carbocycles. The average Bonchev–Trinajstić information content (AvgIpc) is 2.26. The van der Waals surface area contributed by atoms with E-state index in [1.165, 1.54) is 18.2 Å². The molecule has 0 aliphatic rings. The molecule has 2 unspecified atom stereocenters. The Labute approximate surface area is 91.9 Å². The number of nitro benzene ring substituents is 1. The molecule has 1 rings (SSSR count). The largest absolute Gasteiger partial charge is 0.394 e. The normalized spacial score (nSPS) is 14.5. The molecule has 0 saturated carbocycles. The van der Waals surface area contributed by atoms with Crippen LogP contribution in [-0.4, -0.2) is 33.0 Å². The molecule has 1 aromatic rings. The Morgan fingerprint density at radius 3 is 2.50 bits per heavy atom. The van der Waals surface area contributed by atoms with E-state index in [9.17, 15) is 20.3 Å². The molecule has 0 radical (unpaired) electrons. The summed E-state index contributed by atoms with van der Waals surface area (Å²) in [7, 11) is 0. The van der Waals surface area contributed by atoms with Crippen LogP contribution in [-0.2, 0) is 0 Å². The average molecular weight is 227 g/mol. The summed E-state index contributed by atoms with van der Waals surface area (Å²) < 4.78 is 0. The van der Waals surface area contributed by atoms with Gasteiger partial charge in [0.2, 0.25) is 0 Å². The number of aryl methyl sites for hydroxylation is 1. The van der Waals surface area contributed by atoms with Gasteiger partial charge >= 0.3 is 0 Å². The van der Waals surface area contributed by atoms with E-state index in [1.807, 2.05) is 0 Å². The van der Waals surface area contributed by atoms with E-state index in [1.54, 1.807) is 6.92 Å². The predicted molar refractivity (Wildman–Crippen MR) is 55.9 cm³/mol. The number of hydrogen-bond donors (Lipinski definition) is 3. The van der Waals surface area contributed by atoms with E-state index in [-0.39, 0.29) is 5.69 Å². The lowest BCUT2D eigenvalue weighted by atomic mass is 10.0. The molecule has 0 aliphatic heterocycles. The van der Waals surface area contributed by atoms with E-state index >= 15 is 0 Å². The monoisotopic (exact) mass is 227 g/mol. The molecule has 0 aromatic heterocycles. The van der Waals surface area contributed by atoms with Gasteiger partial charge in [-0.2, -0.15) is 0 Å². The van der Waals surface area contributed by atoms with Gasteiger partial charge in [-0.25, -0.2) is 0 Å². The zero-order valence-electron chi connectivity index (χ0n) is 8.70. The fourth-order valence-corrected chi connectivity index (χ4v) is 1.39. The SMILES string of the molecule is Cc1cc(C(O)C(O)CO)ccc1[N+](=O)[O-]. The van der Waals surface area contributed by atoms with Gasteiger partial charge in [-0.1, -0.05) is 0 Å². The molecule has 6 heteroatoms. The van der Waals surface area contributed by atoms with Gasteiger partial charge in [0, 0.05) is 11.6 Å². The van der Waals surface area contributed by atoms with Crippen LogP contribution in [0.3, 0.4) is 0 Å². The molecule has 3 N–H and O–H groups in total. The van der Waals surface area contributed by atoms with Gasteiger partial charge in [-0.15, -0.1) is 0 Å². The Balaban J connectivity index is 3.01. The van der Waals surface area contributed by atoms with E-state index < -0.39 is 23.7 Å². The first-order valence-corrected chi connectivity index (χ1v) is 4.69. The topological polar surface area (TPSA) is 104 Å². The molecule has 6 nitrogen and oxygen atoms in total. The van der Waals surface area contributed by atoms with Crippen LogP contribution < -0.4 is 0 Å². The second kappa shape index (κ2) is 5.02. The fourth-order valence-electron chi connectivity index (χ4n) is 1.39. The van der Waals surface area contributed by atoms with Crippen molar-refractivity contribution in [3.8, 4) is 0 Å². The second-order valence-corrected chi connectivity index (χ2v) is 3.50. The van der Waals surface area contributed by atoms with E-state index in [0.29, 0.717) is 11.1 Å². The van der Waals surface area contributed by atoms with Crippen LogP contribution in [0.1, 0.15) is 17.2 Å². The summed E-state index contributed by atoms with van der Waals surface area (Å²) in [6.07, 6.45) is -2.54. The van der Waals surface area contributed by atoms with Gasteiger partial charge in [0.05, 0.1) is 11.5 Å². The summed E-state index contributed by atoms with van der Waals surface area (Å²) >= 11 is 0. The van der Waals surface area contributed by atoms with Crippen LogP contribution in [0.5, 0.6) is 0 Å². The lowest BCUT2D eigenvalue weighted by molar-refractivity contribution is -0.385. The third-order valence-electron chi connectivity index (χ3n) is 2.31. The molecule has 0 heterocycles. The Kier molecular flexibility index (Phi) is 3.94. The minimum atomic E-state index is -1.29. The lowest BCUT2D eigenvalue weighted by Gasteiger charge is -2.16. The summed E-state index contributed by atoms with van der Waals surface area (Å²) in [5.74, 6) is 0. The Hall–Kier alpha value is -1.50. The first-order chi connectivity index (χ1) is 7.47. The highest BCUT2D eigenvalue weighted by atomic mass is 16.6. The molecule has 2 atom stereocenters. The van der Waals surface area contributed by atoms with Gasteiger partial charge in [0.15, 0.2) is 0 Å². The Morgan fingerprint density at radius 1 is 1.44 bits per heavy atom. The maximum atomic E-state index is 10.5. The van der Waals surface area contributed by atoms with Gasteiger partial charge < -0.3 is 15.3 Å². The Morgan fingerprint density at radius 2 is 2.06 bits per heavy atom. The van der Waals surface area contributed by atoms with E-state index in [4.69, 9.17) is 5.11 Å². The van der Waals surface area contributed by atoms with E-state index in [2.05, 4.69) is 0 Å². The summed E-state index contributed by atoms with van der Waals surface area (Å²) in [5.41, 5.74) is 0.686. The number of aliphatic hydroxyl groups excluding tert-OH is 3. The number of benzene rings is 1. The number of aliphatic hydroxyl groups is 3. The van der Waals surface area contributed by atoms with Crippen molar-refractivity contribution in [3.63, 3.8) is 0 Å². The number of rotatable bonds is 4. The first kappa shape index (κ1) is 12.6. The summed E-state index contributed by atoms with van der Waals surface area (Å²) in [5, 5.41) is 38.0. The molecule has 0 saturated heterocycles. The van der Waals surface area contributed by atoms with Crippen molar-refractivity contribution in [3.05, 3.63) is 39.4 Å². The summed E-state index contributed by atoms with van der Waals surface area (Å²) in [4.78, 5) is 10.0. The van der Waals surface area contributed by atoms with Gasteiger partial charge in [-0.05, 0) is 24.6 Å². The van der Waals surface area contributed by atoms with Crippen LogP contribution in [0.4, 0.5) is 5.69 Å². The molecular weight excluding hydrogens is 214 g/mol. The summed E-state index contributed by atoms with van der Waals surface area (Å²) in [6, 6.07) is 4.04. The van der Waals surface area contributed by atoms with Gasteiger partial charge in [-0.3, -0.25) is 10.1 Å². The van der Waals surface area contributed by atoms with Crippen molar-refractivity contribution < 1.29 is 20.2 Å². The predicted octanol–water partition coefficient (Wildman–Crippen LogP) is 0.290. The summed E-state index contributed by atoms with van der Waals surface area (Å²) in [6.45, 7) is 0.969. The van der Waals surface area contributed by atoms with E-state index in [0.717, 1.165) is 0 Å². The molecule has 88 valence electrons. The van der Waals surface area contributed by atoms with Crippen LogP contribution in [0.25, 0.3) is 0 Å². The lowest BCUT2D eigenvalue weighted by Crippen LogP contribution is -2.22. The van der Waals surface area contributed by atoms with Crippen molar-refractivity contribution >= 4 is 5.69 Å². The number of hydrogen-bond acceptors (Lipinski definition) is 5. The third-order valence-corrected chi connectivity index (χ3v) is 2.31. The minimum absolute atomic E-state index is 0.0468. The van der Waals surface area contributed by atoms with Gasteiger partial charge in [0.1, 0.15) is 12.2 Å². The van der Waals surface area contributed by atoms with Crippen molar-refractivity contribution in [1.29, 1.82) is 0 Å². The van der Waals surface area contributed by atoms with Crippen molar-refractivity contribution in [2.75, 3.05) is 6.61 Å². The molecular formula is C10H13NO5. The molecule has 0 spiro atoms. The molecule has 0 aliphatic carbocycles. The molecule has 0 bridgehead atoms. The third kappa shape index (κ3) is 2.54. The van der Waals surface area contributed by atoms with Crippen molar-refractivity contribution in [2.45, 2.75) is 19.1 Å². The van der Waals surface area contributed by atoms with Crippen molar-refractivity contribution in [2.24, 2.45) is 0 Å². The van der Waals surface area contributed by atoms with Gasteiger partial charge in [0.25, 0.3) is 5.69 Å². The highest BCUT2D eigenvalue weighted by Crippen LogP contribution is 2.24. The Bertz CT molecular complexity index is 393. The second-order valence-electron chi connectivity index (χ2n) is 3.50. The maximum absolute atomic E-state index is 10.5. The van der Waals surface area contributed by atoms with Crippen LogP contribution in [0, 0.1) is 17.0 Å². The molecule has 0 fully saturated rings. The number of nitro groups is 1. The maximum Gasteiger partial charge on any atom is 0.272 e. The first-order valence-electron chi connectivity index (χ1n) is 4.69. The van der Waals surface area contributed by atoms with Crippen LogP contribution in [0.2, 0.25) is 0 Å². The van der Waals surface area contributed by atoms with Crippen LogP contribution >= 0.6 is 0 Å². The smallest absolute Gasteiger partial charge is 0.272 e. The highest BCUT2D eigenvalue weighted by Gasteiger charge is 2.19. The van der Waals surface area contributed by atoms with Crippen LogP contribution in [0.15, 0.2) is 18.2 Å². The zero-order chi connectivity index (χ0) is 12.3. The zero-order valence-corrected chi connectivity index (χ0v) is 8.70. The minimum Gasteiger partial charge on any atom is -0.394 e. The highest BCUT2D eigenvalue weighted by molar-refractivity contribution is 5.42. The fraction of sp³-hybridized carbons (Fsp3) is 0.400. The van der Waals surface area contributed by atoms with Crippen molar-refractivity contribution in [1.82, 2.24) is 0 Å². The molecule has 16 heavy (non-hydrogen) atoms. The molecule has 0 amide bonds. The quantitative estimate of drug-likeness (QED) is 0.506. The standard InChI is InChI=1S/C10H13NO5/c1-6-4-7(10(14)9(13)5-12)2-3-8(6)11(15)16/h2-4,9-10,12-14H,5H2,1H3.